The number of hydrogen-bond acceptors (Lipinski definition) is 5. The van der Waals surface area contributed by atoms with E-state index in [2.05, 4.69) is 0 Å². The van der Waals surface area contributed by atoms with Crippen LogP contribution >= 0.6 is 0 Å². The van der Waals surface area contributed by atoms with Crippen LogP contribution in [0.1, 0.15) is 33.6 Å². The fourth-order valence-corrected chi connectivity index (χ4v) is 2.47. The number of likely N-dealkylation sites (tertiary alicyclic amines) is 1. The van der Waals surface area contributed by atoms with Crippen LogP contribution in [0.5, 0.6) is 0 Å². The number of alkyl halides is 3. The summed E-state index contributed by atoms with van der Waals surface area (Å²) >= 11 is 0. The number of nitrogens with one attached hydrogen (secondary N) is 1. The van der Waals surface area contributed by atoms with Gasteiger partial charge in [0, 0.05) is 19.0 Å². The third kappa shape index (κ3) is 5.56. The van der Waals surface area contributed by atoms with Gasteiger partial charge in [0.2, 0.25) is 5.91 Å². The molecule has 0 unspecified atom stereocenters. The average Bonchev–Trinajstić information content (AvgIpc) is 2.35. The van der Waals surface area contributed by atoms with Crippen LogP contribution in [-0.4, -0.2) is 49.5 Å². The number of amides is 2. The molecule has 0 aromatic heterocycles. The van der Waals surface area contributed by atoms with E-state index in [1.807, 2.05) is 0 Å². The molecule has 1 rings (SSSR count). The first-order valence-electron chi connectivity index (χ1n) is 6.84. The van der Waals surface area contributed by atoms with Crippen LogP contribution in [-0.2, 0) is 19.6 Å². The standard InChI is InChI=1S/C12H19F3N2O5S/c1-11(2,3)22-10(19)17-6-4-8(5-7-17)9(18)16-23(20,21)12(13,14)15/h8H,4-7H2,1-3H3,(H,16,18). The molecule has 0 spiro atoms. The fraction of sp³-hybridized carbons (Fsp3) is 0.833. The van der Waals surface area contributed by atoms with Crippen molar-refractivity contribution in [1.29, 1.82) is 0 Å². The van der Waals surface area contributed by atoms with E-state index in [0.717, 1.165) is 4.72 Å². The van der Waals surface area contributed by atoms with Crippen molar-refractivity contribution in [2.45, 2.75) is 44.7 Å². The van der Waals surface area contributed by atoms with E-state index in [4.69, 9.17) is 4.74 Å². The molecule has 0 aromatic carbocycles. The van der Waals surface area contributed by atoms with Crippen LogP contribution in [0.2, 0.25) is 0 Å². The van der Waals surface area contributed by atoms with Gasteiger partial charge in [-0.15, -0.1) is 0 Å². The molecule has 2 amide bonds. The number of halogens is 3. The zero-order valence-corrected chi connectivity index (χ0v) is 13.8. The first-order valence-corrected chi connectivity index (χ1v) is 8.32. The SMILES string of the molecule is CC(C)(C)OC(=O)N1CCC(C(=O)NS(=O)(=O)C(F)(F)F)CC1. The Kier molecular flexibility index (Phi) is 5.55. The molecule has 1 aliphatic heterocycles. The van der Waals surface area contributed by atoms with Gasteiger partial charge < -0.3 is 9.64 Å². The van der Waals surface area contributed by atoms with Crippen LogP contribution in [0.25, 0.3) is 0 Å². The molecular formula is C12H19F3N2O5S. The number of ether oxygens (including phenoxy) is 1. The largest absolute Gasteiger partial charge is 0.516 e. The number of piperidine rings is 1. The van der Waals surface area contributed by atoms with Gasteiger partial charge in [0.25, 0.3) is 0 Å². The lowest BCUT2D eigenvalue weighted by atomic mass is 9.97. The molecule has 0 saturated carbocycles. The van der Waals surface area contributed by atoms with Gasteiger partial charge >= 0.3 is 21.6 Å². The molecule has 11 heteroatoms. The highest BCUT2D eigenvalue weighted by Gasteiger charge is 2.47. The molecule has 134 valence electrons. The Morgan fingerprint density at radius 2 is 1.61 bits per heavy atom. The van der Waals surface area contributed by atoms with Gasteiger partial charge in [0.15, 0.2) is 0 Å². The summed E-state index contributed by atoms with van der Waals surface area (Å²) in [5.74, 6) is -2.13. The van der Waals surface area contributed by atoms with Crippen LogP contribution < -0.4 is 4.72 Å². The number of carbonyl (C=O) groups excluding carboxylic acids is 2. The molecule has 7 nitrogen and oxygen atoms in total. The first kappa shape index (κ1) is 19.5. The smallest absolute Gasteiger partial charge is 0.444 e. The number of hydrogen-bond donors (Lipinski definition) is 1. The topological polar surface area (TPSA) is 92.8 Å². The van der Waals surface area contributed by atoms with Crippen molar-refractivity contribution in [3.63, 3.8) is 0 Å². The van der Waals surface area contributed by atoms with E-state index >= 15 is 0 Å². The van der Waals surface area contributed by atoms with Gasteiger partial charge in [-0.2, -0.15) is 21.6 Å². The predicted molar refractivity (Wildman–Crippen MR) is 73.6 cm³/mol. The summed E-state index contributed by atoms with van der Waals surface area (Å²) in [5, 5.41) is 0. The lowest BCUT2D eigenvalue weighted by molar-refractivity contribution is -0.125. The lowest BCUT2D eigenvalue weighted by Crippen LogP contribution is -2.47. The second kappa shape index (κ2) is 6.54. The Hall–Kier alpha value is -1.52. The minimum Gasteiger partial charge on any atom is -0.444 e. The van der Waals surface area contributed by atoms with Crippen molar-refractivity contribution >= 4 is 22.0 Å². The number of nitrogens with zero attached hydrogens (tertiary/aromatic N) is 1. The first-order chi connectivity index (χ1) is 10.2. The van der Waals surface area contributed by atoms with Gasteiger partial charge in [-0.05, 0) is 33.6 Å². The Balaban J connectivity index is 2.57. The van der Waals surface area contributed by atoms with E-state index in [9.17, 15) is 31.2 Å². The molecule has 0 atom stereocenters. The van der Waals surface area contributed by atoms with Crippen molar-refractivity contribution in [2.24, 2.45) is 5.92 Å². The summed E-state index contributed by atoms with van der Waals surface area (Å²) in [4.78, 5) is 24.8. The van der Waals surface area contributed by atoms with Crippen LogP contribution in [0, 0.1) is 5.92 Å². The Labute approximate surface area is 132 Å². The lowest BCUT2D eigenvalue weighted by Gasteiger charge is -2.32. The summed E-state index contributed by atoms with van der Waals surface area (Å²) in [5.41, 5.74) is -6.23. The molecule has 1 aliphatic rings. The zero-order chi connectivity index (χ0) is 18.1. The fourth-order valence-electron chi connectivity index (χ4n) is 1.92. The monoisotopic (exact) mass is 360 g/mol. The zero-order valence-electron chi connectivity index (χ0n) is 12.9. The second-order valence-corrected chi connectivity index (χ2v) is 7.83. The number of sulfonamides is 1. The molecule has 23 heavy (non-hydrogen) atoms. The predicted octanol–water partition coefficient (Wildman–Crippen LogP) is 1.60. The van der Waals surface area contributed by atoms with E-state index in [-0.39, 0.29) is 25.9 Å². The molecule has 0 aromatic rings. The van der Waals surface area contributed by atoms with Crippen LogP contribution in [0.15, 0.2) is 0 Å². The quantitative estimate of drug-likeness (QED) is 0.807. The van der Waals surface area contributed by atoms with Crippen LogP contribution in [0.4, 0.5) is 18.0 Å². The number of carbonyl (C=O) groups is 2. The maximum atomic E-state index is 12.2. The minimum atomic E-state index is -5.70. The van der Waals surface area contributed by atoms with E-state index in [1.54, 1.807) is 20.8 Å². The Morgan fingerprint density at radius 3 is 2.00 bits per heavy atom. The molecule has 0 aliphatic carbocycles. The van der Waals surface area contributed by atoms with Crippen molar-refractivity contribution in [3.8, 4) is 0 Å². The maximum Gasteiger partial charge on any atom is 0.516 e. The molecule has 1 fully saturated rings. The van der Waals surface area contributed by atoms with Crippen molar-refractivity contribution < 1.29 is 35.9 Å². The van der Waals surface area contributed by atoms with Crippen molar-refractivity contribution in [2.75, 3.05) is 13.1 Å². The summed E-state index contributed by atoms with van der Waals surface area (Å²) in [7, 11) is -5.70. The summed E-state index contributed by atoms with van der Waals surface area (Å²) < 4.78 is 64.6. The second-order valence-electron chi connectivity index (χ2n) is 6.16. The Morgan fingerprint density at radius 1 is 1.13 bits per heavy atom. The summed E-state index contributed by atoms with van der Waals surface area (Å²) in [6.45, 7) is 5.26. The van der Waals surface area contributed by atoms with E-state index in [0.29, 0.717) is 0 Å². The molecule has 1 N–H and O–H groups in total. The normalized spacial score (nSPS) is 17.7. The molecule has 1 heterocycles. The third-order valence-electron chi connectivity index (χ3n) is 3.06. The average molecular weight is 360 g/mol. The third-order valence-corrected chi connectivity index (χ3v) is 4.14. The van der Waals surface area contributed by atoms with Gasteiger partial charge in [0.1, 0.15) is 5.60 Å². The van der Waals surface area contributed by atoms with E-state index in [1.165, 1.54) is 4.90 Å². The molecule has 1 saturated heterocycles. The van der Waals surface area contributed by atoms with Crippen molar-refractivity contribution in [3.05, 3.63) is 0 Å². The summed E-state index contributed by atoms with van der Waals surface area (Å²) in [6, 6.07) is 0. The summed E-state index contributed by atoms with van der Waals surface area (Å²) in [6.07, 6.45) is -0.476. The molecular weight excluding hydrogens is 341 g/mol. The van der Waals surface area contributed by atoms with Gasteiger partial charge in [-0.3, -0.25) is 4.79 Å². The highest BCUT2D eigenvalue weighted by Crippen LogP contribution is 2.24. The number of rotatable bonds is 2. The van der Waals surface area contributed by atoms with Gasteiger partial charge in [-0.1, -0.05) is 0 Å². The molecule has 0 radical (unpaired) electrons. The highest BCUT2D eigenvalue weighted by atomic mass is 32.2. The van der Waals surface area contributed by atoms with Gasteiger partial charge in [-0.25, -0.2) is 9.52 Å². The maximum absolute atomic E-state index is 12.2. The Bertz CT molecular complexity index is 560. The van der Waals surface area contributed by atoms with E-state index < -0.39 is 39.1 Å². The molecule has 0 bridgehead atoms. The van der Waals surface area contributed by atoms with Gasteiger partial charge in [0.05, 0.1) is 0 Å². The highest BCUT2D eigenvalue weighted by molar-refractivity contribution is 7.90. The van der Waals surface area contributed by atoms with Crippen LogP contribution in [0.3, 0.4) is 0 Å². The minimum absolute atomic E-state index is 0.0540. The van der Waals surface area contributed by atoms with Crippen molar-refractivity contribution in [1.82, 2.24) is 9.62 Å².